The summed E-state index contributed by atoms with van der Waals surface area (Å²) in [7, 11) is 0. The zero-order chi connectivity index (χ0) is 17.4. The molecule has 0 spiro atoms. The van der Waals surface area contributed by atoms with E-state index in [1.807, 2.05) is 4.90 Å². The standard InChI is InChI=1S/C18H29N3O3/c1-2-24-17(23)15-8-7-11-21(12-15)13-16(22)20-18(14-19)9-5-3-4-6-10-18/h15H,2-13H2,1H3,(H,20,22). The lowest BCUT2D eigenvalue weighted by Gasteiger charge is -2.32. The van der Waals surface area contributed by atoms with Crippen molar-refractivity contribution in [2.45, 2.75) is 63.8 Å². The third kappa shape index (κ3) is 5.20. The quantitative estimate of drug-likeness (QED) is 0.614. The van der Waals surface area contributed by atoms with Crippen LogP contribution < -0.4 is 5.32 Å². The highest BCUT2D eigenvalue weighted by molar-refractivity contribution is 5.79. The molecule has 1 aliphatic carbocycles. The molecule has 1 saturated carbocycles. The molecule has 2 rings (SSSR count). The number of nitriles is 1. The molecule has 24 heavy (non-hydrogen) atoms. The molecule has 0 radical (unpaired) electrons. The Kier molecular flexibility index (Phi) is 7.04. The number of nitrogens with one attached hydrogen (secondary N) is 1. The van der Waals surface area contributed by atoms with E-state index in [2.05, 4.69) is 11.4 Å². The average molecular weight is 335 g/mol. The zero-order valence-electron chi connectivity index (χ0n) is 14.7. The number of carbonyl (C=O) groups is 2. The predicted molar refractivity (Wildman–Crippen MR) is 90.0 cm³/mol. The monoisotopic (exact) mass is 335 g/mol. The van der Waals surface area contributed by atoms with Crippen LogP contribution >= 0.6 is 0 Å². The van der Waals surface area contributed by atoms with Crippen molar-refractivity contribution in [2.24, 2.45) is 5.92 Å². The minimum absolute atomic E-state index is 0.108. The van der Waals surface area contributed by atoms with Crippen molar-refractivity contribution in [3.63, 3.8) is 0 Å². The van der Waals surface area contributed by atoms with Gasteiger partial charge in [0.05, 0.1) is 25.1 Å². The number of esters is 1. The van der Waals surface area contributed by atoms with Crippen LogP contribution in [0.4, 0.5) is 0 Å². The minimum Gasteiger partial charge on any atom is -0.466 e. The van der Waals surface area contributed by atoms with E-state index in [0.29, 0.717) is 13.2 Å². The third-order valence-corrected chi connectivity index (χ3v) is 5.04. The van der Waals surface area contributed by atoms with E-state index in [4.69, 9.17) is 4.74 Å². The zero-order valence-corrected chi connectivity index (χ0v) is 14.7. The van der Waals surface area contributed by atoms with Gasteiger partial charge in [0, 0.05) is 6.54 Å². The molecule has 2 aliphatic rings. The Balaban J connectivity index is 1.87. The third-order valence-electron chi connectivity index (χ3n) is 5.04. The molecule has 0 aromatic rings. The van der Waals surface area contributed by atoms with Crippen LogP contribution in [0.5, 0.6) is 0 Å². The summed E-state index contributed by atoms with van der Waals surface area (Å²) in [5.41, 5.74) is -0.704. The highest BCUT2D eigenvalue weighted by atomic mass is 16.5. The number of hydrogen-bond donors (Lipinski definition) is 1. The van der Waals surface area contributed by atoms with Crippen LogP contribution in [0, 0.1) is 17.2 Å². The molecule has 1 atom stereocenters. The molecule has 6 heteroatoms. The summed E-state index contributed by atoms with van der Waals surface area (Å²) in [4.78, 5) is 26.3. The Bertz CT molecular complexity index is 478. The highest BCUT2D eigenvalue weighted by Crippen LogP contribution is 2.26. The lowest BCUT2D eigenvalue weighted by molar-refractivity contribution is -0.150. The van der Waals surface area contributed by atoms with Crippen molar-refractivity contribution in [2.75, 3.05) is 26.2 Å². The van der Waals surface area contributed by atoms with E-state index >= 15 is 0 Å². The first-order valence-corrected chi connectivity index (χ1v) is 9.20. The van der Waals surface area contributed by atoms with Gasteiger partial charge in [-0.15, -0.1) is 0 Å². The second-order valence-corrected chi connectivity index (χ2v) is 6.98. The number of amides is 1. The number of likely N-dealkylation sites (tertiary alicyclic amines) is 1. The van der Waals surface area contributed by atoms with E-state index in [0.717, 1.165) is 57.9 Å². The number of carbonyl (C=O) groups excluding carboxylic acids is 2. The van der Waals surface area contributed by atoms with Crippen molar-refractivity contribution in [1.82, 2.24) is 10.2 Å². The molecule has 1 N–H and O–H groups in total. The van der Waals surface area contributed by atoms with Gasteiger partial charge >= 0.3 is 5.97 Å². The van der Waals surface area contributed by atoms with E-state index in [1.54, 1.807) is 6.92 Å². The Labute approximate surface area is 144 Å². The van der Waals surface area contributed by atoms with E-state index in [9.17, 15) is 14.9 Å². The highest BCUT2D eigenvalue weighted by Gasteiger charge is 2.34. The van der Waals surface area contributed by atoms with Gasteiger partial charge in [-0.05, 0) is 39.2 Å². The molecule has 1 aliphatic heterocycles. The molecule has 1 heterocycles. The summed E-state index contributed by atoms with van der Waals surface area (Å²) < 4.78 is 5.09. The van der Waals surface area contributed by atoms with Crippen LogP contribution in [0.3, 0.4) is 0 Å². The molecule has 1 amide bonds. The van der Waals surface area contributed by atoms with Crippen LogP contribution in [0.1, 0.15) is 58.3 Å². The Morgan fingerprint density at radius 2 is 1.96 bits per heavy atom. The Morgan fingerprint density at radius 3 is 2.58 bits per heavy atom. The fourth-order valence-electron chi connectivity index (χ4n) is 3.76. The normalized spacial score (nSPS) is 24.4. The van der Waals surface area contributed by atoms with Crippen LogP contribution in [-0.4, -0.2) is 48.6 Å². The van der Waals surface area contributed by atoms with E-state index in [-0.39, 0.29) is 24.3 Å². The molecule has 0 bridgehead atoms. The average Bonchev–Trinajstić information content (AvgIpc) is 2.81. The van der Waals surface area contributed by atoms with Gasteiger partial charge in [0.2, 0.25) is 5.91 Å². The summed E-state index contributed by atoms with van der Waals surface area (Å²) in [6.07, 6.45) is 7.42. The van der Waals surface area contributed by atoms with Gasteiger partial charge in [0.25, 0.3) is 0 Å². The summed E-state index contributed by atoms with van der Waals surface area (Å²) in [6, 6.07) is 2.34. The Morgan fingerprint density at radius 1 is 1.25 bits per heavy atom. The maximum Gasteiger partial charge on any atom is 0.310 e. The number of ether oxygens (including phenoxy) is 1. The predicted octanol–water partition coefficient (Wildman–Crippen LogP) is 1.99. The van der Waals surface area contributed by atoms with Gasteiger partial charge in [0.15, 0.2) is 0 Å². The second kappa shape index (κ2) is 9.03. The maximum absolute atomic E-state index is 12.4. The largest absolute Gasteiger partial charge is 0.466 e. The number of rotatable bonds is 5. The lowest BCUT2D eigenvalue weighted by atomic mass is 9.91. The molecular formula is C18H29N3O3. The fourth-order valence-corrected chi connectivity index (χ4v) is 3.76. The molecule has 1 unspecified atom stereocenters. The molecule has 2 fully saturated rings. The van der Waals surface area contributed by atoms with Gasteiger partial charge in [-0.1, -0.05) is 25.7 Å². The van der Waals surface area contributed by atoms with Crippen molar-refractivity contribution in [3.05, 3.63) is 0 Å². The maximum atomic E-state index is 12.4. The van der Waals surface area contributed by atoms with Gasteiger partial charge in [-0.2, -0.15) is 5.26 Å². The van der Waals surface area contributed by atoms with Gasteiger partial charge in [-0.25, -0.2) is 0 Å². The van der Waals surface area contributed by atoms with E-state index in [1.165, 1.54) is 0 Å². The number of piperidine rings is 1. The smallest absolute Gasteiger partial charge is 0.310 e. The van der Waals surface area contributed by atoms with Gasteiger partial charge < -0.3 is 10.1 Å². The Hall–Kier alpha value is -1.61. The minimum atomic E-state index is -0.704. The number of hydrogen-bond acceptors (Lipinski definition) is 5. The SMILES string of the molecule is CCOC(=O)C1CCCN(CC(=O)NC2(C#N)CCCCCC2)C1. The summed E-state index contributed by atoms with van der Waals surface area (Å²) in [5.74, 6) is -0.419. The second-order valence-electron chi connectivity index (χ2n) is 6.98. The molecule has 6 nitrogen and oxygen atoms in total. The first kappa shape index (κ1) is 18.7. The van der Waals surface area contributed by atoms with Crippen molar-refractivity contribution in [3.8, 4) is 6.07 Å². The fraction of sp³-hybridized carbons (Fsp3) is 0.833. The molecule has 0 aromatic heterocycles. The van der Waals surface area contributed by atoms with Crippen LogP contribution in [0.2, 0.25) is 0 Å². The van der Waals surface area contributed by atoms with E-state index < -0.39 is 5.54 Å². The summed E-state index contributed by atoms with van der Waals surface area (Å²) in [6.45, 7) is 3.81. The van der Waals surface area contributed by atoms with Crippen molar-refractivity contribution in [1.29, 1.82) is 5.26 Å². The number of nitrogens with zero attached hydrogens (tertiary/aromatic N) is 2. The molecule has 134 valence electrons. The van der Waals surface area contributed by atoms with Crippen LogP contribution in [0.15, 0.2) is 0 Å². The lowest BCUT2D eigenvalue weighted by Crippen LogP contribution is -2.52. The first-order chi connectivity index (χ1) is 11.6. The molecule has 1 saturated heterocycles. The summed E-state index contributed by atoms with van der Waals surface area (Å²) in [5, 5.41) is 12.5. The van der Waals surface area contributed by atoms with Crippen molar-refractivity contribution >= 4 is 11.9 Å². The first-order valence-electron chi connectivity index (χ1n) is 9.20. The molecular weight excluding hydrogens is 306 g/mol. The van der Waals surface area contributed by atoms with Gasteiger partial charge in [-0.3, -0.25) is 14.5 Å². The van der Waals surface area contributed by atoms with Crippen LogP contribution in [0.25, 0.3) is 0 Å². The van der Waals surface area contributed by atoms with Gasteiger partial charge in [0.1, 0.15) is 5.54 Å². The molecule has 0 aromatic carbocycles. The van der Waals surface area contributed by atoms with Crippen molar-refractivity contribution < 1.29 is 14.3 Å². The topological polar surface area (TPSA) is 82.4 Å². The van der Waals surface area contributed by atoms with Crippen LogP contribution in [-0.2, 0) is 14.3 Å². The summed E-state index contributed by atoms with van der Waals surface area (Å²) >= 11 is 0.